The molecule has 0 aliphatic carbocycles. The number of aromatic nitrogens is 2. The van der Waals surface area contributed by atoms with E-state index in [1.807, 2.05) is 13.8 Å². The van der Waals surface area contributed by atoms with Crippen LogP contribution in [0.2, 0.25) is 0 Å². The van der Waals surface area contributed by atoms with E-state index in [2.05, 4.69) is 9.97 Å². The molecular formula is C16H14ClF3N2S. The first-order chi connectivity index (χ1) is 11.0. The summed E-state index contributed by atoms with van der Waals surface area (Å²) < 4.78 is 38.3. The number of thiazole rings is 1. The number of nitrogens with zero attached hydrogens (tertiary/aromatic N) is 2. The normalized spacial score (nSPS) is 11.2. The van der Waals surface area contributed by atoms with E-state index < -0.39 is 11.7 Å². The lowest BCUT2D eigenvalue weighted by Gasteiger charge is -2.07. The summed E-state index contributed by atoms with van der Waals surface area (Å²) in [5.41, 5.74) is 1.19. The van der Waals surface area contributed by atoms with E-state index in [1.165, 1.54) is 17.4 Å². The highest BCUT2D eigenvalue weighted by molar-refractivity contribution is 7.21. The van der Waals surface area contributed by atoms with Crippen LogP contribution in [0.15, 0.2) is 36.5 Å². The minimum Gasteiger partial charge on any atom is -0.244 e. The molecule has 0 saturated heterocycles. The highest BCUT2D eigenvalue weighted by atomic mass is 35.5. The van der Waals surface area contributed by atoms with Crippen LogP contribution in [0.3, 0.4) is 0 Å². The molecule has 2 heterocycles. The first kappa shape index (κ1) is 17.7. The Labute approximate surface area is 141 Å². The van der Waals surface area contributed by atoms with Gasteiger partial charge in [-0.05, 0) is 23.8 Å². The molecular weight excluding hydrogens is 345 g/mol. The minimum atomic E-state index is -4.37. The van der Waals surface area contributed by atoms with Crippen molar-refractivity contribution in [2.24, 2.45) is 0 Å². The van der Waals surface area contributed by atoms with E-state index in [0.29, 0.717) is 20.9 Å². The molecule has 1 aromatic carbocycles. The van der Waals surface area contributed by atoms with Crippen molar-refractivity contribution in [2.45, 2.75) is 25.9 Å². The molecule has 0 fully saturated rings. The quantitative estimate of drug-likeness (QED) is 0.514. The molecule has 0 atom stereocenters. The lowest BCUT2D eigenvalue weighted by molar-refractivity contribution is -0.137. The average molecular weight is 359 g/mol. The van der Waals surface area contributed by atoms with Crippen LogP contribution < -0.4 is 0 Å². The molecule has 2 nitrogen and oxygen atoms in total. The number of rotatable bonds is 2. The molecule has 0 saturated carbocycles. The Balaban J connectivity index is 0.000000924. The number of hydrogen-bond acceptors (Lipinski definition) is 3. The summed E-state index contributed by atoms with van der Waals surface area (Å²) in [5.74, 6) is 0.283. The van der Waals surface area contributed by atoms with Gasteiger partial charge in [-0.3, -0.25) is 0 Å². The first-order valence-corrected chi connectivity index (χ1v) is 8.32. The highest BCUT2D eigenvalue weighted by Crippen LogP contribution is 2.35. The van der Waals surface area contributed by atoms with Gasteiger partial charge >= 0.3 is 6.18 Å². The number of fused-ring (bicyclic) bond motifs is 1. The zero-order chi connectivity index (χ0) is 17.0. The molecule has 122 valence electrons. The maximum atomic E-state index is 12.8. The molecule has 0 unspecified atom stereocenters. The molecule has 0 amide bonds. The van der Waals surface area contributed by atoms with Crippen molar-refractivity contribution in [3.63, 3.8) is 0 Å². The molecule has 0 spiro atoms. The third-order valence-corrected chi connectivity index (χ3v) is 4.26. The average Bonchev–Trinajstić information content (AvgIpc) is 3.00. The Bertz CT molecular complexity index is 799. The van der Waals surface area contributed by atoms with Crippen molar-refractivity contribution in [1.29, 1.82) is 0 Å². The summed E-state index contributed by atoms with van der Waals surface area (Å²) in [5, 5.41) is 0.501. The van der Waals surface area contributed by atoms with Gasteiger partial charge in [-0.25, -0.2) is 9.97 Å². The zero-order valence-electron chi connectivity index (χ0n) is 12.5. The van der Waals surface area contributed by atoms with Crippen LogP contribution in [-0.2, 0) is 12.1 Å². The van der Waals surface area contributed by atoms with Gasteiger partial charge in [0.2, 0.25) is 0 Å². The molecule has 0 bridgehead atoms. The van der Waals surface area contributed by atoms with Gasteiger partial charge in [-0.15, -0.1) is 11.6 Å². The second-order valence-corrected chi connectivity index (χ2v) is 5.60. The Kier molecular flexibility index (Phi) is 5.59. The van der Waals surface area contributed by atoms with Gasteiger partial charge in [-0.1, -0.05) is 37.3 Å². The highest BCUT2D eigenvalue weighted by Gasteiger charge is 2.30. The summed E-state index contributed by atoms with van der Waals surface area (Å²) in [4.78, 5) is 9.23. The number of benzene rings is 1. The Morgan fingerprint density at radius 3 is 2.57 bits per heavy atom. The van der Waals surface area contributed by atoms with Gasteiger partial charge in [-0.2, -0.15) is 13.2 Å². The van der Waals surface area contributed by atoms with Gasteiger partial charge in [0.25, 0.3) is 0 Å². The maximum absolute atomic E-state index is 12.8. The zero-order valence-corrected chi connectivity index (χ0v) is 14.1. The first-order valence-electron chi connectivity index (χ1n) is 6.97. The van der Waals surface area contributed by atoms with E-state index in [0.717, 1.165) is 17.7 Å². The number of halogens is 4. The van der Waals surface area contributed by atoms with E-state index in [9.17, 15) is 13.2 Å². The predicted octanol–water partition coefficient (Wildman–Crippen LogP) is 6.14. The third-order valence-electron chi connectivity index (χ3n) is 2.96. The fourth-order valence-corrected chi connectivity index (χ4v) is 3.11. The summed E-state index contributed by atoms with van der Waals surface area (Å²) in [6.45, 7) is 4.00. The maximum Gasteiger partial charge on any atom is 0.416 e. The molecule has 2 aromatic heterocycles. The second-order valence-electron chi connectivity index (χ2n) is 4.36. The van der Waals surface area contributed by atoms with Crippen LogP contribution in [0, 0.1) is 0 Å². The van der Waals surface area contributed by atoms with Crippen LogP contribution in [0.1, 0.15) is 25.0 Å². The molecule has 23 heavy (non-hydrogen) atoms. The largest absolute Gasteiger partial charge is 0.416 e. The fraction of sp³-hybridized carbons (Fsp3) is 0.250. The molecule has 0 N–H and O–H groups in total. The van der Waals surface area contributed by atoms with Crippen LogP contribution in [0.25, 0.3) is 20.9 Å². The van der Waals surface area contributed by atoms with Crippen molar-refractivity contribution in [3.05, 3.63) is 47.7 Å². The molecule has 0 aliphatic heterocycles. The monoisotopic (exact) mass is 358 g/mol. The van der Waals surface area contributed by atoms with Crippen LogP contribution in [0.5, 0.6) is 0 Å². The van der Waals surface area contributed by atoms with Crippen LogP contribution in [0.4, 0.5) is 13.2 Å². The SMILES string of the molecule is CC.FC(F)(F)c1cccc(-c2nc3c(CCl)ccnc3s2)c1. The van der Waals surface area contributed by atoms with Crippen LogP contribution in [-0.4, -0.2) is 9.97 Å². The van der Waals surface area contributed by atoms with Gasteiger partial charge in [0.15, 0.2) is 0 Å². The standard InChI is InChI=1S/C14H8ClF3N2S.C2H6/c15-7-9-4-5-19-13-11(9)20-12(21-13)8-2-1-3-10(6-8)14(16,17)18;1-2/h1-6H,7H2;1-2H3. The second kappa shape index (κ2) is 7.27. The Hall–Kier alpha value is -1.66. The number of pyridine rings is 1. The Morgan fingerprint density at radius 2 is 1.91 bits per heavy atom. The van der Waals surface area contributed by atoms with Crippen molar-refractivity contribution >= 4 is 33.3 Å². The lowest BCUT2D eigenvalue weighted by atomic mass is 10.1. The fourth-order valence-electron chi connectivity index (χ4n) is 1.94. The molecule has 3 rings (SSSR count). The van der Waals surface area contributed by atoms with E-state index in [-0.39, 0.29) is 5.88 Å². The van der Waals surface area contributed by atoms with E-state index >= 15 is 0 Å². The van der Waals surface area contributed by atoms with Crippen molar-refractivity contribution < 1.29 is 13.2 Å². The minimum absolute atomic E-state index is 0.283. The van der Waals surface area contributed by atoms with Crippen molar-refractivity contribution in [2.75, 3.05) is 0 Å². The van der Waals surface area contributed by atoms with E-state index in [4.69, 9.17) is 11.6 Å². The van der Waals surface area contributed by atoms with E-state index in [1.54, 1.807) is 18.3 Å². The van der Waals surface area contributed by atoms with Crippen LogP contribution >= 0.6 is 22.9 Å². The topological polar surface area (TPSA) is 25.8 Å². The lowest BCUT2D eigenvalue weighted by Crippen LogP contribution is -2.04. The summed E-state index contributed by atoms with van der Waals surface area (Å²) in [6.07, 6.45) is -2.75. The van der Waals surface area contributed by atoms with Gasteiger partial charge < -0.3 is 0 Å². The summed E-state index contributed by atoms with van der Waals surface area (Å²) in [6, 6.07) is 6.87. The third kappa shape index (κ3) is 3.82. The predicted molar refractivity (Wildman–Crippen MR) is 88.8 cm³/mol. The molecule has 0 aliphatic rings. The number of hydrogen-bond donors (Lipinski definition) is 0. The molecule has 7 heteroatoms. The van der Waals surface area contributed by atoms with Crippen molar-refractivity contribution in [3.8, 4) is 10.6 Å². The van der Waals surface area contributed by atoms with Gasteiger partial charge in [0.05, 0.1) is 5.56 Å². The van der Waals surface area contributed by atoms with Crippen molar-refractivity contribution in [1.82, 2.24) is 9.97 Å². The number of alkyl halides is 4. The molecule has 3 aromatic rings. The smallest absolute Gasteiger partial charge is 0.244 e. The van der Waals surface area contributed by atoms with Gasteiger partial charge in [0, 0.05) is 17.6 Å². The Morgan fingerprint density at radius 1 is 1.17 bits per heavy atom. The summed E-state index contributed by atoms with van der Waals surface area (Å²) in [7, 11) is 0. The van der Waals surface area contributed by atoms with Gasteiger partial charge in [0.1, 0.15) is 15.4 Å². The summed E-state index contributed by atoms with van der Waals surface area (Å²) >= 11 is 7.09. The molecule has 0 radical (unpaired) electrons.